The molecule has 2 rings (SSSR count). The molecule has 0 unspecified atom stereocenters. The van der Waals surface area contributed by atoms with Gasteiger partial charge in [-0.1, -0.05) is 18.2 Å². The van der Waals surface area contributed by atoms with E-state index >= 15 is 0 Å². The van der Waals surface area contributed by atoms with Crippen molar-refractivity contribution in [3.63, 3.8) is 0 Å². The van der Waals surface area contributed by atoms with Gasteiger partial charge in [0.25, 0.3) is 0 Å². The van der Waals surface area contributed by atoms with Gasteiger partial charge in [-0.05, 0) is 57.1 Å². The highest BCUT2D eigenvalue weighted by Crippen LogP contribution is 2.08. The van der Waals surface area contributed by atoms with E-state index < -0.39 is 0 Å². The van der Waals surface area contributed by atoms with Crippen LogP contribution in [0.1, 0.15) is 18.4 Å². The third-order valence-electron chi connectivity index (χ3n) is 3.31. The Hall–Kier alpha value is -0.930. The molecule has 3 heteroatoms. The van der Waals surface area contributed by atoms with Crippen LogP contribution < -0.4 is 5.32 Å². The summed E-state index contributed by atoms with van der Waals surface area (Å²) in [6.07, 6.45) is 3.20. The minimum atomic E-state index is -0.0683. The lowest BCUT2D eigenvalue weighted by molar-refractivity contribution is 0.254. The Labute approximate surface area is 103 Å². The Morgan fingerprint density at radius 2 is 1.82 bits per heavy atom. The van der Waals surface area contributed by atoms with Crippen LogP contribution in [-0.2, 0) is 6.42 Å². The van der Waals surface area contributed by atoms with Gasteiger partial charge in [0.1, 0.15) is 5.82 Å². The van der Waals surface area contributed by atoms with Crippen LogP contribution in [0.15, 0.2) is 24.3 Å². The van der Waals surface area contributed by atoms with Crippen molar-refractivity contribution in [2.45, 2.75) is 19.3 Å². The number of halogens is 1. The molecule has 0 amide bonds. The SMILES string of the molecule is Fc1ccccc1CCN1CCCNCCC1. The fraction of sp³-hybridized carbons (Fsp3) is 0.571. The standard InChI is InChI=1S/C14H21FN2/c15-14-6-2-1-5-13(14)7-12-17-10-3-8-16-9-4-11-17/h1-2,5-6,16H,3-4,7-12H2. The molecule has 0 spiro atoms. The molecule has 1 N–H and O–H groups in total. The molecule has 1 aliphatic heterocycles. The lowest BCUT2D eigenvalue weighted by Gasteiger charge is -2.24. The molecule has 17 heavy (non-hydrogen) atoms. The summed E-state index contributed by atoms with van der Waals surface area (Å²) in [5.41, 5.74) is 0.840. The van der Waals surface area contributed by atoms with Crippen molar-refractivity contribution in [2.24, 2.45) is 0 Å². The second-order valence-corrected chi connectivity index (χ2v) is 4.64. The molecule has 0 aliphatic carbocycles. The molecule has 1 fully saturated rings. The first-order chi connectivity index (χ1) is 8.36. The van der Waals surface area contributed by atoms with Gasteiger partial charge in [-0.2, -0.15) is 0 Å². The number of rotatable bonds is 3. The molecule has 0 aromatic heterocycles. The zero-order valence-electron chi connectivity index (χ0n) is 10.3. The predicted molar refractivity (Wildman–Crippen MR) is 68.6 cm³/mol. The maximum absolute atomic E-state index is 13.5. The van der Waals surface area contributed by atoms with Crippen LogP contribution >= 0.6 is 0 Å². The van der Waals surface area contributed by atoms with Gasteiger partial charge in [-0.15, -0.1) is 0 Å². The third-order valence-corrected chi connectivity index (χ3v) is 3.31. The van der Waals surface area contributed by atoms with E-state index in [1.807, 2.05) is 12.1 Å². The summed E-state index contributed by atoms with van der Waals surface area (Å²) in [5, 5.41) is 3.40. The molecule has 1 aromatic carbocycles. The smallest absolute Gasteiger partial charge is 0.126 e. The summed E-state index contributed by atoms with van der Waals surface area (Å²) in [6.45, 7) is 5.44. The highest BCUT2D eigenvalue weighted by molar-refractivity contribution is 5.17. The largest absolute Gasteiger partial charge is 0.317 e. The van der Waals surface area contributed by atoms with Crippen molar-refractivity contribution in [2.75, 3.05) is 32.7 Å². The number of hydrogen-bond donors (Lipinski definition) is 1. The van der Waals surface area contributed by atoms with E-state index in [4.69, 9.17) is 0 Å². The molecule has 2 nitrogen and oxygen atoms in total. The van der Waals surface area contributed by atoms with Gasteiger partial charge in [0, 0.05) is 6.54 Å². The van der Waals surface area contributed by atoms with E-state index in [0.717, 1.165) is 44.7 Å². The second kappa shape index (κ2) is 6.72. The van der Waals surface area contributed by atoms with E-state index in [0.29, 0.717) is 0 Å². The lowest BCUT2D eigenvalue weighted by atomic mass is 10.1. The molecule has 1 aliphatic rings. The summed E-state index contributed by atoms with van der Waals surface area (Å²) >= 11 is 0. The van der Waals surface area contributed by atoms with Crippen molar-refractivity contribution >= 4 is 0 Å². The topological polar surface area (TPSA) is 15.3 Å². The Morgan fingerprint density at radius 3 is 2.53 bits per heavy atom. The predicted octanol–water partition coefficient (Wildman–Crippen LogP) is 2.05. The maximum Gasteiger partial charge on any atom is 0.126 e. The molecule has 1 saturated heterocycles. The van der Waals surface area contributed by atoms with Gasteiger partial charge < -0.3 is 10.2 Å². The first kappa shape index (κ1) is 12.5. The van der Waals surface area contributed by atoms with E-state index in [1.165, 1.54) is 12.8 Å². The third kappa shape index (κ3) is 4.10. The van der Waals surface area contributed by atoms with Crippen molar-refractivity contribution < 1.29 is 4.39 Å². The Balaban J connectivity index is 1.82. The minimum Gasteiger partial charge on any atom is -0.317 e. The number of benzene rings is 1. The quantitative estimate of drug-likeness (QED) is 0.864. The first-order valence-corrected chi connectivity index (χ1v) is 6.53. The highest BCUT2D eigenvalue weighted by atomic mass is 19.1. The molecular formula is C14H21FN2. The average molecular weight is 236 g/mol. The Bertz CT molecular complexity index is 333. The number of nitrogens with one attached hydrogen (secondary N) is 1. The van der Waals surface area contributed by atoms with Crippen LogP contribution in [0.2, 0.25) is 0 Å². The van der Waals surface area contributed by atoms with Crippen LogP contribution in [0.4, 0.5) is 4.39 Å². The number of hydrogen-bond acceptors (Lipinski definition) is 2. The molecule has 1 heterocycles. The fourth-order valence-corrected chi connectivity index (χ4v) is 2.30. The van der Waals surface area contributed by atoms with Crippen molar-refractivity contribution in [1.29, 1.82) is 0 Å². The molecule has 0 atom stereocenters. The van der Waals surface area contributed by atoms with Gasteiger partial charge in [0.2, 0.25) is 0 Å². The first-order valence-electron chi connectivity index (χ1n) is 6.53. The van der Waals surface area contributed by atoms with Crippen molar-refractivity contribution in [1.82, 2.24) is 10.2 Å². The van der Waals surface area contributed by atoms with Crippen molar-refractivity contribution in [3.8, 4) is 0 Å². The van der Waals surface area contributed by atoms with E-state index in [9.17, 15) is 4.39 Å². The zero-order chi connectivity index (χ0) is 11.9. The van der Waals surface area contributed by atoms with Crippen LogP contribution in [0.25, 0.3) is 0 Å². The molecular weight excluding hydrogens is 215 g/mol. The van der Waals surface area contributed by atoms with Gasteiger partial charge in [-0.25, -0.2) is 4.39 Å². The highest BCUT2D eigenvalue weighted by Gasteiger charge is 2.08. The zero-order valence-corrected chi connectivity index (χ0v) is 10.3. The van der Waals surface area contributed by atoms with E-state index in [1.54, 1.807) is 12.1 Å². The van der Waals surface area contributed by atoms with Crippen molar-refractivity contribution in [3.05, 3.63) is 35.6 Å². The van der Waals surface area contributed by atoms with E-state index in [2.05, 4.69) is 10.2 Å². The Morgan fingerprint density at radius 1 is 1.12 bits per heavy atom. The maximum atomic E-state index is 13.5. The summed E-state index contributed by atoms with van der Waals surface area (Å²) in [6, 6.07) is 7.10. The Kier molecular flexibility index (Phi) is 4.95. The van der Waals surface area contributed by atoms with Gasteiger partial charge in [-0.3, -0.25) is 0 Å². The molecule has 0 radical (unpaired) electrons. The van der Waals surface area contributed by atoms with E-state index in [-0.39, 0.29) is 5.82 Å². The average Bonchev–Trinajstić information content (AvgIpc) is 2.29. The second-order valence-electron chi connectivity index (χ2n) is 4.64. The van der Waals surface area contributed by atoms with Crippen LogP contribution in [-0.4, -0.2) is 37.6 Å². The normalized spacial score (nSPS) is 18.6. The lowest BCUT2D eigenvalue weighted by Crippen LogP contribution is -2.35. The van der Waals surface area contributed by atoms with Gasteiger partial charge >= 0.3 is 0 Å². The van der Waals surface area contributed by atoms with Crippen LogP contribution in [0, 0.1) is 5.82 Å². The summed E-state index contributed by atoms with van der Waals surface area (Å²) < 4.78 is 13.5. The molecule has 94 valence electrons. The molecule has 0 bridgehead atoms. The summed E-state index contributed by atoms with van der Waals surface area (Å²) in [5.74, 6) is -0.0683. The monoisotopic (exact) mass is 236 g/mol. The minimum absolute atomic E-state index is 0.0683. The van der Waals surface area contributed by atoms with Crippen LogP contribution in [0.5, 0.6) is 0 Å². The summed E-state index contributed by atoms with van der Waals surface area (Å²) in [4.78, 5) is 2.45. The van der Waals surface area contributed by atoms with Gasteiger partial charge in [0.15, 0.2) is 0 Å². The molecule has 0 saturated carbocycles. The number of nitrogens with zero attached hydrogens (tertiary/aromatic N) is 1. The summed E-state index contributed by atoms with van der Waals surface area (Å²) in [7, 11) is 0. The molecule has 1 aromatic rings. The fourth-order valence-electron chi connectivity index (χ4n) is 2.30. The van der Waals surface area contributed by atoms with Gasteiger partial charge in [0.05, 0.1) is 0 Å². The van der Waals surface area contributed by atoms with Crippen LogP contribution in [0.3, 0.4) is 0 Å².